The van der Waals surface area contributed by atoms with Gasteiger partial charge in [0.1, 0.15) is 0 Å². The molecule has 0 aromatic carbocycles. The monoisotopic (exact) mass is 154 g/mol. The molecule has 0 saturated carbocycles. The lowest BCUT2D eigenvalue weighted by Crippen LogP contribution is -2.12. The molecule has 0 aliphatic heterocycles. The third kappa shape index (κ3) is 2.50. The zero-order chi connectivity index (χ0) is 7.23. The van der Waals surface area contributed by atoms with Crippen LogP contribution >= 0.6 is 11.3 Å². The molecular formula is C8H12NS. The normalized spacial score (nSPS) is 10.1. The van der Waals surface area contributed by atoms with Crippen LogP contribution in [0.1, 0.15) is 11.3 Å². The van der Waals surface area contributed by atoms with Gasteiger partial charge in [-0.15, -0.1) is 11.3 Å². The van der Waals surface area contributed by atoms with Gasteiger partial charge in [0, 0.05) is 11.4 Å². The van der Waals surface area contributed by atoms with Crippen molar-refractivity contribution in [1.82, 2.24) is 5.32 Å². The Morgan fingerprint density at radius 3 is 3.10 bits per heavy atom. The van der Waals surface area contributed by atoms with Gasteiger partial charge in [-0.1, -0.05) is 13.0 Å². The number of thiophene rings is 1. The SMILES string of the molecule is [CH2]CCNCc1cccs1. The van der Waals surface area contributed by atoms with Crippen molar-refractivity contribution in [3.8, 4) is 0 Å². The van der Waals surface area contributed by atoms with Crippen LogP contribution in [0.15, 0.2) is 17.5 Å². The second-order valence-electron chi connectivity index (χ2n) is 2.11. The average Bonchev–Trinajstić information content (AvgIpc) is 2.41. The van der Waals surface area contributed by atoms with Crippen LogP contribution in [0.2, 0.25) is 0 Å². The summed E-state index contributed by atoms with van der Waals surface area (Å²) in [7, 11) is 0. The second kappa shape index (κ2) is 4.47. The Bertz CT molecular complexity index is 158. The van der Waals surface area contributed by atoms with E-state index >= 15 is 0 Å². The number of nitrogens with one attached hydrogen (secondary N) is 1. The molecular weight excluding hydrogens is 142 g/mol. The molecule has 0 saturated heterocycles. The van der Waals surface area contributed by atoms with Crippen LogP contribution in [0.3, 0.4) is 0 Å². The second-order valence-corrected chi connectivity index (χ2v) is 3.14. The molecule has 0 bridgehead atoms. The summed E-state index contributed by atoms with van der Waals surface area (Å²) < 4.78 is 0. The van der Waals surface area contributed by atoms with Gasteiger partial charge in [0.25, 0.3) is 0 Å². The molecule has 0 amide bonds. The van der Waals surface area contributed by atoms with E-state index in [-0.39, 0.29) is 0 Å². The Balaban J connectivity index is 2.15. The minimum atomic E-state index is 0.964. The fourth-order valence-corrected chi connectivity index (χ4v) is 1.42. The van der Waals surface area contributed by atoms with Gasteiger partial charge >= 0.3 is 0 Å². The van der Waals surface area contributed by atoms with Crippen LogP contribution in [-0.4, -0.2) is 6.54 Å². The molecule has 0 aliphatic carbocycles. The molecule has 1 aromatic heterocycles. The lowest BCUT2D eigenvalue weighted by molar-refractivity contribution is 0.701. The molecule has 1 radical (unpaired) electrons. The van der Waals surface area contributed by atoms with Crippen LogP contribution in [0.4, 0.5) is 0 Å². The molecule has 0 aliphatic rings. The van der Waals surface area contributed by atoms with Crippen molar-refractivity contribution in [1.29, 1.82) is 0 Å². The Morgan fingerprint density at radius 2 is 2.50 bits per heavy atom. The summed E-state index contributed by atoms with van der Waals surface area (Å²) in [6, 6.07) is 4.21. The molecule has 0 fully saturated rings. The topological polar surface area (TPSA) is 12.0 Å². The van der Waals surface area contributed by atoms with Crippen molar-refractivity contribution in [2.75, 3.05) is 6.54 Å². The third-order valence-electron chi connectivity index (χ3n) is 1.23. The first-order valence-electron chi connectivity index (χ1n) is 3.46. The lowest BCUT2D eigenvalue weighted by atomic mass is 10.4. The molecule has 10 heavy (non-hydrogen) atoms. The quantitative estimate of drug-likeness (QED) is 0.655. The van der Waals surface area contributed by atoms with Crippen molar-refractivity contribution < 1.29 is 0 Å². The highest BCUT2D eigenvalue weighted by atomic mass is 32.1. The van der Waals surface area contributed by atoms with Gasteiger partial charge in [0.2, 0.25) is 0 Å². The summed E-state index contributed by atoms with van der Waals surface area (Å²) in [6.07, 6.45) is 0.964. The molecule has 0 unspecified atom stereocenters. The molecule has 1 N–H and O–H groups in total. The van der Waals surface area contributed by atoms with Crippen LogP contribution in [0, 0.1) is 6.92 Å². The zero-order valence-corrected chi connectivity index (χ0v) is 6.79. The summed E-state index contributed by atoms with van der Waals surface area (Å²) in [5, 5.41) is 5.38. The van der Waals surface area contributed by atoms with Crippen molar-refractivity contribution in [3.05, 3.63) is 29.3 Å². The Kier molecular flexibility index (Phi) is 3.47. The van der Waals surface area contributed by atoms with Crippen molar-refractivity contribution in [2.45, 2.75) is 13.0 Å². The minimum Gasteiger partial charge on any atom is -0.312 e. The highest BCUT2D eigenvalue weighted by Crippen LogP contribution is 2.06. The predicted molar refractivity (Wildman–Crippen MR) is 46.0 cm³/mol. The van der Waals surface area contributed by atoms with Gasteiger partial charge in [-0.05, 0) is 24.4 Å². The van der Waals surface area contributed by atoms with E-state index in [4.69, 9.17) is 0 Å². The van der Waals surface area contributed by atoms with Crippen molar-refractivity contribution in [2.24, 2.45) is 0 Å². The molecule has 1 rings (SSSR count). The first-order valence-corrected chi connectivity index (χ1v) is 4.34. The van der Waals surface area contributed by atoms with Crippen LogP contribution in [0.5, 0.6) is 0 Å². The molecule has 1 aromatic rings. The number of rotatable bonds is 4. The van der Waals surface area contributed by atoms with Crippen LogP contribution < -0.4 is 5.32 Å². The highest BCUT2D eigenvalue weighted by Gasteiger charge is 1.89. The smallest absolute Gasteiger partial charge is 0.0299 e. The van der Waals surface area contributed by atoms with Gasteiger partial charge in [0.15, 0.2) is 0 Å². The van der Waals surface area contributed by atoms with E-state index in [0.29, 0.717) is 0 Å². The van der Waals surface area contributed by atoms with Gasteiger partial charge < -0.3 is 5.32 Å². The van der Waals surface area contributed by atoms with E-state index in [2.05, 4.69) is 29.8 Å². The van der Waals surface area contributed by atoms with E-state index in [9.17, 15) is 0 Å². The van der Waals surface area contributed by atoms with E-state index in [1.807, 2.05) is 0 Å². The standard InChI is InChI=1S/C8H12NS/c1-2-5-9-7-8-4-3-6-10-8/h3-4,6,9H,1-2,5,7H2. The van der Waals surface area contributed by atoms with Crippen LogP contribution in [0.25, 0.3) is 0 Å². The molecule has 1 nitrogen and oxygen atoms in total. The van der Waals surface area contributed by atoms with Gasteiger partial charge in [0.05, 0.1) is 0 Å². The summed E-state index contributed by atoms with van der Waals surface area (Å²) in [6.45, 7) is 5.75. The number of hydrogen-bond acceptors (Lipinski definition) is 2. The Hall–Kier alpha value is -0.340. The molecule has 2 heteroatoms. The predicted octanol–water partition coefficient (Wildman–Crippen LogP) is 2.06. The molecule has 0 atom stereocenters. The van der Waals surface area contributed by atoms with Crippen molar-refractivity contribution in [3.63, 3.8) is 0 Å². The fraction of sp³-hybridized carbons (Fsp3) is 0.375. The van der Waals surface area contributed by atoms with E-state index in [1.165, 1.54) is 4.88 Å². The largest absolute Gasteiger partial charge is 0.312 e. The zero-order valence-electron chi connectivity index (χ0n) is 5.97. The molecule has 55 valence electrons. The maximum absolute atomic E-state index is 3.75. The first-order chi connectivity index (χ1) is 4.93. The summed E-state index contributed by atoms with van der Waals surface area (Å²) in [5.41, 5.74) is 0. The van der Waals surface area contributed by atoms with Crippen LogP contribution in [-0.2, 0) is 6.54 Å². The summed E-state index contributed by atoms with van der Waals surface area (Å²) in [5.74, 6) is 0. The molecule has 1 heterocycles. The van der Waals surface area contributed by atoms with Gasteiger partial charge in [-0.3, -0.25) is 0 Å². The third-order valence-corrected chi connectivity index (χ3v) is 2.11. The average molecular weight is 154 g/mol. The highest BCUT2D eigenvalue weighted by molar-refractivity contribution is 7.09. The van der Waals surface area contributed by atoms with Crippen molar-refractivity contribution >= 4 is 11.3 Å². The van der Waals surface area contributed by atoms with Gasteiger partial charge in [-0.25, -0.2) is 0 Å². The van der Waals surface area contributed by atoms with Gasteiger partial charge in [-0.2, -0.15) is 0 Å². The van der Waals surface area contributed by atoms with E-state index in [0.717, 1.165) is 19.5 Å². The minimum absolute atomic E-state index is 0.964. The summed E-state index contributed by atoms with van der Waals surface area (Å²) in [4.78, 5) is 1.40. The molecule has 0 spiro atoms. The first kappa shape index (κ1) is 7.76. The van der Waals surface area contributed by atoms with E-state index < -0.39 is 0 Å². The number of hydrogen-bond donors (Lipinski definition) is 1. The lowest BCUT2D eigenvalue weighted by Gasteiger charge is -1.97. The maximum atomic E-state index is 3.75. The maximum Gasteiger partial charge on any atom is 0.0299 e. The Morgan fingerprint density at radius 1 is 1.60 bits per heavy atom. The van der Waals surface area contributed by atoms with E-state index in [1.54, 1.807) is 11.3 Å². The Labute approximate surface area is 66.1 Å². The summed E-state index contributed by atoms with van der Waals surface area (Å²) >= 11 is 1.79. The fourth-order valence-electron chi connectivity index (χ4n) is 0.750.